The van der Waals surface area contributed by atoms with Crippen LogP contribution in [-0.4, -0.2) is 35.4 Å². The molecule has 0 spiro atoms. The number of amides is 4. The molecule has 1 aliphatic rings. The zero-order valence-corrected chi connectivity index (χ0v) is 16.2. The van der Waals surface area contributed by atoms with Gasteiger partial charge in [0.2, 0.25) is 5.91 Å². The molecule has 3 rings (SSSR count). The van der Waals surface area contributed by atoms with E-state index in [4.69, 9.17) is 16.3 Å². The maximum atomic E-state index is 12.4. The number of aryl methyl sites for hydroxylation is 1. The monoisotopic (exact) mass is 401 g/mol. The Kier molecular flexibility index (Phi) is 5.84. The summed E-state index contributed by atoms with van der Waals surface area (Å²) in [6.07, 6.45) is -0.727. The fourth-order valence-corrected chi connectivity index (χ4v) is 2.85. The highest BCUT2D eigenvalue weighted by Gasteiger charge is 2.28. The van der Waals surface area contributed by atoms with Gasteiger partial charge in [-0.05, 0) is 55.3 Å². The van der Waals surface area contributed by atoms with Gasteiger partial charge in [-0.15, -0.1) is 0 Å². The van der Waals surface area contributed by atoms with E-state index in [1.807, 2.05) is 6.92 Å². The molecule has 1 saturated heterocycles. The summed E-state index contributed by atoms with van der Waals surface area (Å²) >= 11 is 6.00. The zero-order chi connectivity index (χ0) is 20.3. The standard InChI is InChI=1S/C20H20ClN3O4/c1-12-8-16(6-7-17(12)21)28-13(2)19(26)23-15-5-3-4-14(9-15)11-24-18(25)10-22-20(24)27/h3-9,13H,10-11H2,1-2H3,(H,22,27)(H,23,26). The number of hydrogen-bond acceptors (Lipinski definition) is 4. The number of carbonyl (C=O) groups excluding carboxylic acids is 3. The van der Waals surface area contributed by atoms with Crippen LogP contribution < -0.4 is 15.4 Å². The quantitative estimate of drug-likeness (QED) is 0.728. The average molecular weight is 402 g/mol. The van der Waals surface area contributed by atoms with Crippen LogP contribution in [0.25, 0.3) is 0 Å². The third-order valence-electron chi connectivity index (χ3n) is 4.28. The van der Waals surface area contributed by atoms with E-state index >= 15 is 0 Å². The summed E-state index contributed by atoms with van der Waals surface area (Å²) < 4.78 is 5.67. The fourth-order valence-electron chi connectivity index (χ4n) is 2.74. The van der Waals surface area contributed by atoms with Crippen molar-refractivity contribution in [3.8, 4) is 5.75 Å². The summed E-state index contributed by atoms with van der Waals surface area (Å²) in [4.78, 5) is 36.9. The van der Waals surface area contributed by atoms with Gasteiger partial charge in [0.15, 0.2) is 6.10 Å². The van der Waals surface area contributed by atoms with Crippen molar-refractivity contribution in [2.75, 3.05) is 11.9 Å². The van der Waals surface area contributed by atoms with Gasteiger partial charge in [-0.3, -0.25) is 14.5 Å². The lowest BCUT2D eigenvalue weighted by Gasteiger charge is -2.16. The summed E-state index contributed by atoms with van der Waals surface area (Å²) in [5, 5.41) is 5.89. The Morgan fingerprint density at radius 2 is 2.07 bits per heavy atom. The van der Waals surface area contributed by atoms with Gasteiger partial charge in [-0.2, -0.15) is 0 Å². The molecule has 0 aliphatic carbocycles. The Labute approximate surface area is 167 Å². The molecule has 1 heterocycles. The van der Waals surface area contributed by atoms with Crippen LogP contribution in [0.5, 0.6) is 5.75 Å². The molecule has 4 amide bonds. The van der Waals surface area contributed by atoms with E-state index in [1.165, 1.54) is 0 Å². The molecule has 0 saturated carbocycles. The van der Waals surface area contributed by atoms with Crippen LogP contribution in [-0.2, 0) is 16.1 Å². The lowest BCUT2D eigenvalue weighted by molar-refractivity contribution is -0.125. The van der Waals surface area contributed by atoms with Crippen LogP contribution in [0.15, 0.2) is 42.5 Å². The number of nitrogens with zero attached hydrogens (tertiary/aromatic N) is 1. The van der Waals surface area contributed by atoms with Crippen LogP contribution in [0.1, 0.15) is 18.1 Å². The average Bonchev–Trinajstić information content (AvgIpc) is 2.97. The lowest BCUT2D eigenvalue weighted by atomic mass is 10.2. The predicted molar refractivity (Wildman–Crippen MR) is 105 cm³/mol. The third-order valence-corrected chi connectivity index (χ3v) is 4.71. The van der Waals surface area contributed by atoms with Crippen LogP contribution in [0, 0.1) is 6.92 Å². The molecule has 0 bridgehead atoms. The second kappa shape index (κ2) is 8.31. The maximum Gasteiger partial charge on any atom is 0.324 e. The second-order valence-corrected chi connectivity index (χ2v) is 6.91. The first kappa shape index (κ1) is 19.7. The van der Waals surface area contributed by atoms with Gasteiger partial charge in [0.25, 0.3) is 5.91 Å². The van der Waals surface area contributed by atoms with Crippen molar-refractivity contribution >= 4 is 35.1 Å². The second-order valence-electron chi connectivity index (χ2n) is 6.50. The smallest absolute Gasteiger partial charge is 0.324 e. The van der Waals surface area contributed by atoms with Gasteiger partial charge in [0.1, 0.15) is 5.75 Å². The van der Waals surface area contributed by atoms with Crippen molar-refractivity contribution in [2.24, 2.45) is 0 Å². The molecule has 1 aliphatic heterocycles. The maximum absolute atomic E-state index is 12.4. The first-order valence-electron chi connectivity index (χ1n) is 8.74. The normalized spacial score (nSPS) is 14.6. The molecule has 1 unspecified atom stereocenters. The van der Waals surface area contributed by atoms with Crippen molar-refractivity contribution in [2.45, 2.75) is 26.5 Å². The highest BCUT2D eigenvalue weighted by atomic mass is 35.5. The molecule has 1 fully saturated rings. The van der Waals surface area contributed by atoms with Crippen molar-refractivity contribution in [3.63, 3.8) is 0 Å². The Morgan fingerprint density at radius 1 is 1.29 bits per heavy atom. The van der Waals surface area contributed by atoms with E-state index in [2.05, 4.69) is 10.6 Å². The Bertz CT molecular complexity index is 915. The van der Waals surface area contributed by atoms with Crippen molar-refractivity contribution in [1.82, 2.24) is 10.2 Å². The summed E-state index contributed by atoms with van der Waals surface area (Å²) in [5.74, 6) is -0.0451. The summed E-state index contributed by atoms with van der Waals surface area (Å²) in [7, 11) is 0. The number of anilines is 1. The summed E-state index contributed by atoms with van der Waals surface area (Å²) in [5.41, 5.74) is 2.14. The Balaban J connectivity index is 1.62. The number of halogens is 1. The van der Waals surface area contributed by atoms with Crippen LogP contribution in [0.4, 0.5) is 10.5 Å². The number of benzene rings is 2. The lowest BCUT2D eigenvalue weighted by Crippen LogP contribution is -2.31. The predicted octanol–water partition coefficient (Wildman–Crippen LogP) is 3.11. The fraction of sp³-hybridized carbons (Fsp3) is 0.250. The minimum absolute atomic E-state index is 0.00822. The number of hydrogen-bond donors (Lipinski definition) is 2. The number of nitrogens with one attached hydrogen (secondary N) is 2. The van der Waals surface area contributed by atoms with Gasteiger partial charge in [-0.1, -0.05) is 23.7 Å². The van der Waals surface area contributed by atoms with Crippen LogP contribution >= 0.6 is 11.6 Å². The van der Waals surface area contributed by atoms with Gasteiger partial charge < -0.3 is 15.4 Å². The van der Waals surface area contributed by atoms with E-state index in [-0.39, 0.29) is 24.9 Å². The molecule has 0 aromatic heterocycles. The first-order chi connectivity index (χ1) is 13.3. The number of rotatable bonds is 6. The molecule has 1 atom stereocenters. The van der Waals surface area contributed by atoms with Crippen molar-refractivity contribution < 1.29 is 19.1 Å². The Morgan fingerprint density at radius 3 is 2.75 bits per heavy atom. The molecule has 7 nitrogen and oxygen atoms in total. The van der Waals surface area contributed by atoms with E-state index in [9.17, 15) is 14.4 Å². The number of urea groups is 1. The van der Waals surface area contributed by atoms with Gasteiger partial charge >= 0.3 is 6.03 Å². The highest BCUT2D eigenvalue weighted by Crippen LogP contribution is 2.22. The summed E-state index contributed by atoms with van der Waals surface area (Å²) in [6.45, 7) is 3.66. The van der Waals surface area contributed by atoms with E-state index in [0.717, 1.165) is 16.0 Å². The number of imide groups is 1. The highest BCUT2D eigenvalue weighted by molar-refractivity contribution is 6.31. The summed E-state index contributed by atoms with van der Waals surface area (Å²) in [6, 6.07) is 11.8. The zero-order valence-electron chi connectivity index (χ0n) is 15.5. The molecule has 8 heteroatoms. The molecular weight excluding hydrogens is 382 g/mol. The first-order valence-corrected chi connectivity index (χ1v) is 9.12. The molecular formula is C20H20ClN3O4. The van der Waals surface area contributed by atoms with E-state index in [1.54, 1.807) is 49.4 Å². The van der Waals surface area contributed by atoms with Gasteiger partial charge in [-0.25, -0.2) is 4.79 Å². The van der Waals surface area contributed by atoms with Crippen molar-refractivity contribution in [1.29, 1.82) is 0 Å². The molecule has 0 radical (unpaired) electrons. The molecule has 2 aromatic carbocycles. The minimum Gasteiger partial charge on any atom is -0.481 e. The van der Waals surface area contributed by atoms with Gasteiger partial charge in [0, 0.05) is 10.7 Å². The number of carbonyl (C=O) groups is 3. The van der Waals surface area contributed by atoms with E-state index < -0.39 is 12.1 Å². The van der Waals surface area contributed by atoms with Crippen LogP contribution in [0.3, 0.4) is 0 Å². The van der Waals surface area contributed by atoms with Crippen molar-refractivity contribution in [3.05, 3.63) is 58.6 Å². The van der Waals surface area contributed by atoms with E-state index in [0.29, 0.717) is 16.5 Å². The largest absolute Gasteiger partial charge is 0.481 e. The molecule has 2 N–H and O–H groups in total. The number of ether oxygens (including phenoxy) is 1. The topological polar surface area (TPSA) is 87.7 Å². The SMILES string of the molecule is Cc1cc(OC(C)C(=O)Nc2cccc(CN3C(=O)CNC3=O)c2)ccc1Cl. The van der Waals surface area contributed by atoms with Crippen LogP contribution in [0.2, 0.25) is 5.02 Å². The Hall–Kier alpha value is -3.06. The third kappa shape index (κ3) is 4.61. The molecule has 146 valence electrons. The minimum atomic E-state index is -0.727. The molecule has 28 heavy (non-hydrogen) atoms. The molecule has 2 aromatic rings. The van der Waals surface area contributed by atoms with Gasteiger partial charge in [0.05, 0.1) is 13.1 Å².